The SMILES string of the molecule is CCCN(C[C@]1(O)CC[C@H]2C3=CC=C4C[C@@H](O)CC[C@]4(C)[C@H]3CC[C@@]21C)C(=O)OCC. The summed E-state index contributed by atoms with van der Waals surface area (Å²) in [5, 5.41) is 22.1. The number of fused-ring (bicyclic) bond motifs is 5. The molecule has 0 aromatic carbocycles. The van der Waals surface area contributed by atoms with E-state index in [9.17, 15) is 15.0 Å². The highest BCUT2D eigenvalue weighted by atomic mass is 16.6. The lowest BCUT2D eigenvalue weighted by molar-refractivity contribution is -0.0993. The first-order valence-electron chi connectivity index (χ1n) is 12.4. The van der Waals surface area contributed by atoms with Crippen LogP contribution in [0.2, 0.25) is 0 Å². The van der Waals surface area contributed by atoms with E-state index in [1.54, 1.807) is 4.90 Å². The van der Waals surface area contributed by atoms with Gasteiger partial charge in [0.25, 0.3) is 0 Å². The Morgan fingerprint density at radius 1 is 1.13 bits per heavy atom. The first-order chi connectivity index (χ1) is 14.7. The molecule has 4 rings (SSSR count). The Hall–Kier alpha value is -1.33. The van der Waals surface area contributed by atoms with Gasteiger partial charge in [-0.25, -0.2) is 4.79 Å². The summed E-state index contributed by atoms with van der Waals surface area (Å²) in [6, 6.07) is 0. The van der Waals surface area contributed by atoms with Gasteiger partial charge in [-0.3, -0.25) is 0 Å². The van der Waals surface area contributed by atoms with Crippen molar-refractivity contribution in [3.8, 4) is 0 Å². The maximum absolute atomic E-state index is 12.5. The minimum Gasteiger partial charge on any atom is -0.450 e. The van der Waals surface area contributed by atoms with Crippen molar-refractivity contribution >= 4 is 6.09 Å². The molecule has 4 aliphatic rings. The molecule has 3 fully saturated rings. The van der Waals surface area contributed by atoms with Crippen LogP contribution in [-0.2, 0) is 4.74 Å². The Bertz CT molecular complexity index is 775. The van der Waals surface area contributed by atoms with Crippen molar-refractivity contribution < 1.29 is 19.7 Å². The van der Waals surface area contributed by atoms with Crippen molar-refractivity contribution in [1.29, 1.82) is 0 Å². The van der Waals surface area contributed by atoms with E-state index in [0.717, 1.165) is 51.4 Å². The van der Waals surface area contributed by atoms with Crippen LogP contribution in [0.25, 0.3) is 0 Å². The van der Waals surface area contributed by atoms with Crippen molar-refractivity contribution in [3.63, 3.8) is 0 Å². The molecular formula is C26H41NO4. The summed E-state index contributed by atoms with van der Waals surface area (Å²) in [5.74, 6) is 0.862. The highest BCUT2D eigenvalue weighted by molar-refractivity contribution is 5.67. The summed E-state index contributed by atoms with van der Waals surface area (Å²) in [6.45, 7) is 9.86. The van der Waals surface area contributed by atoms with Crippen molar-refractivity contribution in [1.82, 2.24) is 4.90 Å². The molecule has 3 saturated carbocycles. The summed E-state index contributed by atoms with van der Waals surface area (Å²) in [5.41, 5.74) is 1.94. The van der Waals surface area contributed by atoms with Gasteiger partial charge in [0.2, 0.25) is 0 Å². The van der Waals surface area contributed by atoms with Crippen LogP contribution < -0.4 is 0 Å². The normalized spacial score (nSPS) is 41.4. The third-order valence-electron chi connectivity index (χ3n) is 9.34. The number of rotatable bonds is 5. The minimum atomic E-state index is -0.890. The molecule has 0 heterocycles. The maximum atomic E-state index is 12.5. The predicted molar refractivity (Wildman–Crippen MR) is 122 cm³/mol. The van der Waals surface area contributed by atoms with Crippen LogP contribution >= 0.6 is 0 Å². The molecule has 5 nitrogen and oxygen atoms in total. The van der Waals surface area contributed by atoms with E-state index < -0.39 is 5.60 Å². The third kappa shape index (κ3) is 3.56. The predicted octanol–water partition coefficient (Wildman–Crippen LogP) is 4.83. The number of nitrogens with zero attached hydrogens (tertiary/aromatic N) is 1. The fourth-order valence-electron chi connectivity index (χ4n) is 7.39. The first kappa shape index (κ1) is 22.8. The van der Waals surface area contributed by atoms with Gasteiger partial charge in [-0.15, -0.1) is 0 Å². The van der Waals surface area contributed by atoms with Gasteiger partial charge in [-0.1, -0.05) is 44.1 Å². The van der Waals surface area contributed by atoms with Gasteiger partial charge in [0.15, 0.2) is 0 Å². The number of carbonyl (C=O) groups excluding carboxylic acids is 1. The van der Waals surface area contributed by atoms with Crippen LogP contribution in [0.1, 0.15) is 79.1 Å². The van der Waals surface area contributed by atoms with Crippen LogP contribution in [0.5, 0.6) is 0 Å². The zero-order valence-corrected chi connectivity index (χ0v) is 19.8. The smallest absolute Gasteiger partial charge is 0.409 e. The molecule has 0 aromatic heterocycles. The second-order valence-electron chi connectivity index (χ2n) is 10.9. The van der Waals surface area contributed by atoms with E-state index in [2.05, 4.69) is 32.9 Å². The van der Waals surface area contributed by atoms with Crippen LogP contribution in [0.15, 0.2) is 23.3 Å². The number of carbonyl (C=O) groups is 1. The largest absolute Gasteiger partial charge is 0.450 e. The van der Waals surface area contributed by atoms with Crippen molar-refractivity contribution in [3.05, 3.63) is 23.3 Å². The second kappa shape index (κ2) is 8.22. The summed E-state index contributed by atoms with van der Waals surface area (Å²) >= 11 is 0. The fourth-order valence-corrected chi connectivity index (χ4v) is 7.39. The molecule has 0 saturated heterocycles. The average Bonchev–Trinajstić information content (AvgIpc) is 2.99. The van der Waals surface area contributed by atoms with Crippen molar-refractivity contribution in [2.75, 3.05) is 19.7 Å². The molecule has 0 radical (unpaired) electrons. The Labute approximate surface area is 187 Å². The topological polar surface area (TPSA) is 70.0 Å². The standard InChI is InChI=1S/C26H41NO4/c1-5-15-27(23(29)31-6-2)17-26(30)14-11-22-20-8-7-18-16-19(28)9-12-24(18,3)21(20)10-13-25(22,26)4/h7-8,19,21-22,28,30H,5-6,9-17H2,1-4H3/t19-,21-,22-,24-,25-,26+/m0/s1. The lowest BCUT2D eigenvalue weighted by Crippen LogP contribution is -2.56. The molecule has 6 atom stereocenters. The van der Waals surface area contributed by atoms with Crippen LogP contribution in [0.3, 0.4) is 0 Å². The van der Waals surface area contributed by atoms with Gasteiger partial charge in [0.1, 0.15) is 0 Å². The molecule has 5 heteroatoms. The number of ether oxygens (including phenoxy) is 1. The quantitative estimate of drug-likeness (QED) is 0.654. The number of hydrogen-bond acceptors (Lipinski definition) is 4. The maximum Gasteiger partial charge on any atom is 0.409 e. The average molecular weight is 432 g/mol. The molecular weight excluding hydrogens is 390 g/mol. The van der Waals surface area contributed by atoms with Gasteiger partial charge < -0.3 is 19.8 Å². The summed E-state index contributed by atoms with van der Waals surface area (Å²) in [4.78, 5) is 14.3. The number of aliphatic hydroxyl groups is 2. The van der Waals surface area contributed by atoms with Crippen LogP contribution in [0, 0.1) is 22.7 Å². The molecule has 174 valence electrons. The Morgan fingerprint density at radius 3 is 2.58 bits per heavy atom. The molecule has 2 N–H and O–H groups in total. The van der Waals surface area contributed by atoms with Crippen LogP contribution in [0.4, 0.5) is 4.79 Å². The molecule has 0 aliphatic heterocycles. The van der Waals surface area contributed by atoms with E-state index in [1.807, 2.05) is 6.92 Å². The number of hydrogen-bond donors (Lipinski definition) is 2. The van der Waals surface area contributed by atoms with Crippen molar-refractivity contribution in [2.45, 2.75) is 90.8 Å². The number of allylic oxidation sites excluding steroid dienone is 3. The number of aliphatic hydroxyl groups excluding tert-OH is 1. The molecule has 1 amide bonds. The Kier molecular flexibility index (Phi) is 6.06. The lowest BCUT2D eigenvalue weighted by Gasteiger charge is -2.56. The monoisotopic (exact) mass is 431 g/mol. The van der Waals surface area contributed by atoms with Crippen molar-refractivity contribution in [2.24, 2.45) is 22.7 Å². The minimum absolute atomic E-state index is 0.143. The summed E-state index contributed by atoms with van der Waals surface area (Å²) in [6.07, 6.45) is 11.4. The third-order valence-corrected chi connectivity index (χ3v) is 9.34. The molecule has 0 unspecified atom stereocenters. The molecule has 31 heavy (non-hydrogen) atoms. The van der Waals surface area contributed by atoms with E-state index in [0.29, 0.717) is 31.5 Å². The number of amides is 1. The van der Waals surface area contributed by atoms with E-state index in [4.69, 9.17) is 4.74 Å². The van der Waals surface area contributed by atoms with Gasteiger partial charge in [0.05, 0.1) is 24.9 Å². The molecule has 0 aromatic rings. The van der Waals surface area contributed by atoms with Crippen LogP contribution in [-0.4, -0.2) is 52.6 Å². The molecule has 0 bridgehead atoms. The summed E-state index contributed by atoms with van der Waals surface area (Å²) < 4.78 is 5.28. The van der Waals surface area contributed by atoms with Gasteiger partial charge in [0, 0.05) is 12.0 Å². The highest BCUT2D eigenvalue weighted by Crippen LogP contribution is 2.66. The highest BCUT2D eigenvalue weighted by Gasteiger charge is 2.62. The second-order valence-corrected chi connectivity index (χ2v) is 10.9. The first-order valence-corrected chi connectivity index (χ1v) is 12.4. The van der Waals surface area contributed by atoms with E-state index in [-0.39, 0.29) is 23.0 Å². The molecule has 4 aliphatic carbocycles. The zero-order valence-electron chi connectivity index (χ0n) is 19.8. The van der Waals surface area contributed by atoms with E-state index in [1.165, 1.54) is 11.1 Å². The summed E-state index contributed by atoms with van der Waals surface area (Å²) in [7, 11) is 0. The van der Waals surface area contributed by atoms with Gasteiger partial charge in [-0.05, 0) is 75.5 Å². The fraction of sp³-hybridized carbons (Fsp3) is 0.808. The zero-order chi connectivity index (χ0) is 22.4. The van der Waals surface area contributed by atoms with E-state index >= 15 is 0 Å². The molecule has 0 spiro atoms. The Balaban J connectivity index is 1.61. The van der Waals surface area contributed by atoms with Gasteiger partial charge in [-0.2, -0.15) is 0 Å². The lowest BCUT2D eigenvalue weighted by atomic mass is 9.50. The van der Waals surface area contributed by atoms with Gasteiger partial charge >= 0.3 is 6.09 Å². The Morgan fingerprint density at radius 2 is 1.87 bits per heavy atom.